The molecule has 3 N–H and O–H groups in total. The molecule has 1 spiro atoms. The van der Waals surface area contributed by atoms with Crippen LogP contribution in [0.4, 0.5) is 5.69 Å². The average Bonchev–Trinajstić information content (AvgIpc) is 3.10. The molecular formula is C29H26Cl2N2O3Si. The number of hydrogen-bond acceptors (Lipinski definition) is 3. The lowest BCUT2D eigenvalue weighted by atomic mass is 9.59. The van der Waals surface area contributed by atoms with Crippen molar-refractivity contribution in [2.45, 2.75) is 43.4 Å². The SMILES string of the molecule is C[Si](C)(C)C#Cc1ccc(O)c(C2NC(=O)CC(c3cccc(Cl)c3)C23C(=O)Nc2cc(Cl)ccc23)c1. The van der Waals surface area contributed by atoms with Crippen molar-refractivity contribution in [3.63, 3.8) is 0 Å². The third kappa shape index (κ3) is 4.52. The Morgan fingerprint density at radius 1 is 1.00 bits per heavy atom. The molecular weight excluding hydrogens is 523 g/mol. The van der Waals surface area contributed by atoms with Gasteiger partial charge in [-0.25, -0.2) is 0 Å². The van der Waals surface area contributed by atoms with Gasteiger partial charge in [-0.05, 0) is 53.6 Å². The maximum atomic E-state index is 14.1. The quantitative estimate of drug-likeness (QED) is 0.265. The van der Waals surface area contributed by atoms with Gasteiger partial charge in [0.05, 0.1) is 6.04 Å². The van der Waals surface area contributed by atoms with Gasteiger partial charge in [0.2, 0.25) is 11.8 Å². The minimum Gasteiger partial charge on any atom is -0.508 e. The molecule has 0 aliphatic carbocycles. The number of piperidine rings is 1. The lowest BCUT2D eigenvalue weighted by Crippen LogP contribution is -2.56. The number of carbonyl (C=O) groups is 2. The molecule has 2 heterocycles. The Balaban J connectivity index is 1.78. The number of carbonyl (C=O) groups excluding carboxylic acids is 2. The first-order valence-corrected chi connectivity index (χ1v) is 16.3. The lowest BCUT2D eigenvalue weighted by Gasteiger charge is -2.46. The van der Waals surface area contributed by atoms with Gasteiger partial charge >= 0.3 is 0 Å². The van der Waals surface area contributed by atoms with Crippen molar-refractivity contribution in [2.75, 3.05) is 5.32 Å². The number of phenolic OH excluding ortho intramolecular Hbond substituents is 1. The summed E-state index contributed by atoms with van der Waals surface area (Å²) in [6.07, 6.45) is 0.0716. The molecule has 37 heavy (non-hydrogen) atoms. The number of rotatable bonds is 2. The average molecular weight is 550 g/mol. The zero-order chi connectivity index (χ0) is 26.5. The zero-order valence-electron chi connectivity index (χ0n) is 20.7. The summed E-state index contributed by atoms with van der Waals surface area (Å²) in [5, 5.41) is 18.1. The molecule has 5 rings (SSSR count). The third-order valence-corrected chi connectivity index (χ3v) is 8.27. The summed E-state index contributed by atoms with van der Waals surface area (Å²) in [4.78, 5) is 27.3. The van der Waals surface area contributed by atoms with Crippen LogP contribution in [0, 0.1) is 11.5 Å². The predicted octanol–water partition coefficient (Wildman–Crippen LogP) is 6.16. The number of halogens is 2. The fourth-order valence-electron chi connectivity index (χ4n) is 5.39. The number of phenols is 1. The highest BCUT2D eigenvalue weighted by molar-refractivity contribution is 6.83. The van der Waals surface area contributed by atoms with E-state index in [9.17, 15) is 14.7 Å². The highest BCUT2D eigenvalue weighted by Crippen LogP contribution is 2.58. The summed E-state index contributed by atoms with van der Waals surface area (Å²) in [7, 11) is -1.66. The van der Waals surface area contributed by atoms with Gasteiger partial charge in [-0.15, -0.1) is 5.54 Å². The molecule has 2 aliphatic heterocycles. The van der Waals surface area contributed by atoms with Crippen LogP contribution >= 0.6 is 23.2 Å². The van der Waals surface area contributed by atoms with Crippen molar-refractivity contribution in [2.24, 2.45) is 0 Å². The number of anilines is 1. The van der Waals surface area contributed by atoms with Crippen LogP contribution < -0.4 is 10.6 Å². The first-order valence-electron chi connectivity index (χ1n) is 12.0. The van der Waals surface area contributed by atoms with Crippen molar-refractivity contribution >= 4 is 48.8 Å². The van der Waals surface area contributed by atoms with E-state index in [0.29, 0.717) is 32.4 Å². The Labute approximate surface area is 227 Å². The molecule has 3 unspecified atom stereocenters. The van der Waals surface area contributed by atoms with Crippen molar-refractivity contribution < 1.29 is 14.7 Å². The molecule has 5 nitrogen and oxygen atoms in total. The highest BCUT2D eigenvalue weighted by Gasteiger charge is 2.61. The monoisotopic (exact) mass is 548 g/mol. The van der Waals surface area contributed by atoms with E-state index in [1.807, 2.05) is 18.2 Å². The van der Waals surface area contributed by atoms with Crippen LogP contribution in [0.1, 0.15) is 40.6 Å². The minimum absolute atomic E-state index is 0.0230. The Morgan fingerprint density at radius 2 is 1.76 bits per heavy atom. The number of fused-ring (bicyclic) bond motifs is 2. The molecule has 0 saturated carbocycles. The molecule has 3 aromatic rings. The molecule has 8 heteroatoms. The minimum atomic E-state index is -1.66. The fourth-order valence-corrected chi connectivity index (χ4v) is 6.28. The molecule has 188 valence electrons. The maximum absolute atomic E-state index is 14.1. The lowest BCUT2D eigenvalue weighted by molar-refractivity contribution is -0.131. The van der Waals surface area contributed by atoms with Crippen LogP contribution in [0.15, 0.2) is 60.7 Å². The summed E-state index contributed by atoms with van der Waals surface area (Å²) >= 11 is 12.6. The topological polar surface area (TPSA) is 78.4 Å². The summed E-state index contributed by atoms with van der Waals surface area (Å²) in [5.74, 6) is 2.14. The van der Waals surface area contributed by atoms with Crippen molar-refractivity contribution in [3.8, 4) is 17.2 Å². The van der Waals surface area contributed by atoms with Gasteiger partial charge in [0.1, 0.15) is 19.2 Å². The molecule has 1 fully saturated rings. The van der Waals surface area contributed by atoms with Gasteiger partial charge in [0, 0.05) is 39.2 Å². The molecule has 0 radical (unpaired) electrons. The highest BCUT2D eigenvalue weighted by atomic mass is 35.5. The number of nitrogens with one attached hydrogen (secondary N) is 2. The van der Waals surface area contributed by atoms with Gasteiger partial charge < -0.3 is 15.7 Å². The number of amides is 2. The van der Waals surface area contributed by atoms with Crippen LogP contribution in [0.3, 0.4) is 0 Å². The predicted molar refractivity (Wildman–Crippen MR) is 150 cm³/mol. The molecule has 3 aromatic carbocycles. The van der Waals surface area contributed by atoms with Crippen molar-refractivity contribution in [1.29, 1.82) is 0 Å². The van der Waals surface area contributed by atoms with Crippen LogP contribution in [-0.4, -0.2) is 25.0 Å². The first kappa shape index (κ1) is 25.4. The Hall–Kier alpha value is -3.24. The van der Waals surface area contributed by atoms with Crippen LogP contribution in [-0.2, 0) is 15.0 Å². The van der Waals surface area contributed by atoms with E-state index in [-0.39, 0.29) is 24.0 Å². The van der Waals surface area contributed by atoms with E-state index in [1.165, 1.54) is 0 Å². The molecule has 0 aromatic heterocycles. The molecule has 1 saturated heterocycles. The van der Waals surface area contributed by atoms with Gasteiger partial charge in [-0.3, -0.25) is 9.59 Å². The van der Waals surface area contributed by atoms with E-state index in [2.05, 4.69) is 41.7 Å². The third-order valence-electron chi connectivity index (χ3n) is 6.92. The zero-order valence-corrected chi connectivity index (χ0v) is 23.2. The maximum Gasteiger partial charge on any atom is 0.238 e. The van der Waals surface area contributed by atoms with Crippen LogP contribution in [0.5, 0.6) is 5.75 Å². The molecule has 2 aliphatic rings. The van der Waals surface area contributed by atoms with E-state index < -0.39 is 25.4 Å². The summed E-state index contributed by atoms with van der Waals surface area (Å²) in [6, 6.07) is 16.7. The largest absolute Gasteiger partial charge is 0.508 e. The first-order chi connectivity index (χ1) is 17.5. The van der Waals surface area contributed by atoms with E-state index in [4.69, 9.17) is 23.2 Å². The second-order valence-corrected chi connectivity index (χ2v) is 16.2. The summed E-state index contributed by atoms with van der Waals surface area (Å²) in [6.45, 7) is 6.45. The van der Waals surface area contributed by atoms with Crippen molar-refractivity contribution in [3.05, 3.63) is 93.0 Å². The Bertz CT molecular complexity index is 1500. The number of benzene rings is 3. The van der Waals surface area contributed by atoms with Crippen molar-refractivity contribution in [1.82, 2.24) is 5.32 Å². The van der Waals surface area contributed by atoms with Gasteiger partial charge in [-0.2, -0.15) is 0 Å². The Morgan fingerprint density at radius 3 is 2.49 bits per heavy atom. The fraction of sp³-hybridized carbons (Fsp3) is 0.241. The molecule has 0 bridgehead atoms. The van der Waals surface area contributed by atoms with E-state index >= 15 is 0 Å². The summed E-state index contributed by atoms with van der Waals surface area (Å²) in [5.41, 5.74) is 5.27. The number of aromatic hydroxyl groups is 1. The smallest absolute Gasteiger partial charge is 0.238 e. The van der Waals surface area contributed by atoms with Crippen LogP contribution in [0.25, 0.3) is 0 Å². The van der Waals surface area contributed by atoms with Gasteiger partial charge in [0.15, 0.2) is 0 Å². The number of hydrogen-bond donors (Lipinski definition) is 3. The standard InChI is InChI=1S/C29H26Cl2N2O3Si/c1-37(2,3)12-11-17-7-10-25(34)21(13-17)27-29(22-9-8-20(31)15-24(22)32-28(29)36)23(16-26(35)33-27)18-5-4-6-19(30)14-18/h4-10,13-15,23,27,34H,16H2,1-3H3,(H,32,36)(H,33,35). The van der Waals surface area contributed by atoms with E-state index in [0.717, 1.165) is 5.56 Å². The van der Waals surface area contributed by atoms with Crippen LogP contribution in [0.2, 0.25) is 29.7 Å². The molecule has 3 atom stereocenters. The summed E-state index contributed by atoms with van der Waals surface area (Å²) < 4.78 is 0. The van der Waals surface area contributed by atoms with E-state index in [1.54, 1.807) is 42.5 Å². The Kier molecular flexibility index (Phi) is 6.35. The van der Waals surface area contributed by atoms with Gasteiger partial charge in [-0.1, -0.05) is 67.0 Å². The second kappa shape index (κ2) is 9.25. The molecule has 2 amide bonds. The second-order valence-electron chi connectivity index (χ2n) is 10.6. The van der Waals surface area contributed by atoms with Gasteiger partial charge in [0.25, 0.3) is 0 Å². The normalized spacial score (nSPS) is 22.6.